The van der Waals surface area contributed by atoms with E-state index in [0.29, 0.717) is 18.1 Å². The van der Waals surface area contributed by atoms with Crippen LogP contribution < -0.4 is 5.32 Å². The van der Waals surface area contributed by atoms with Crippen LogP contribution in [0, 0.1) is 24.0 Å². The fraction of sp³-hybridized carbons (Fsp3) is 0.278. The van der Waals surface area contributed by atoms with E-state index in [1.54, 1.807) is 17.7 Å². The molecule has 2 heterocycles. The fourth-order valence-electron chi connectivity index (χ4n) is 2.70. The number of rotatable bonds is 7. The molecule has 0 aliphatic rings. The van der Waals surface area contributed by atoms with Crippen LogP contribution in [0.1, 0.15) is 23.2 Å². The Hall–Kier alpha value is -3.49. The Morgan fingerprint density at radius 1 is 1.22 bits per heavy atom. The van der Waals surface area contributed by atoms with Gasteiger partial charge in [-0.2, -0.15) is 9.78 Å². The second kappa shape index (κ2) is 7.81. The van der Waals surface area contributed by atoms with Crippen LogP contribution in [0.4, 0.5) is 11.6 Å². The summed E-state index contributed by atoms with van der Waals surface area (Å²) in [5, 5.41) is 21.7. The third-order valence-corrected chi connectivity index (χ3v) is 4.21. The molecule has 0 bridgehead atoms. The Morgan fingerprint density at radius 2 is 2.00 bits per heavy atom. The summed E-state index contributed by atoms with van der Waals surface area (Å²) in [7, 11) is 0. The van der Waals surface area contributed by atoms with Gasteiger partial charge in [-0.3, -0.25) is 9.48 Å². The van der Waals surface area contributed by atoms with Crippen molar-refractivity contribution >= 4 is 17.5 Å². The van der Waals surface area contributed by atoms with Gasteiger partial charge in [0, 0.05) is 18.7 Å². The van der Waals surface area contributed by atoms with Gasteiger partial charge in [-0.05, 0) is 29.9 Å². The molecule has 1 aromatic carbocycles. The number of nitrogens with one attached hydrogen (secondary N) is 1. The van der Waals surface area contributed by atoms with E-state index < -0.39 is 4.92 Å². The Bertz CT molecular complexity index is 975. The number of benzene rings is 1. The summed E-state index contributed by atoms with van der Waals surface area (Å²) in [4.78, 5) is 22.3. The summed E-state index contributed by atoms with van der Waals surface area (Å²) in [6.07, 6.45) is 1.95. The minimum Gasteiger partial charge on any atom is -0.358 e. The van der Waals surface area contributed by atoms with E-state index in [1.807, 2.05) is 37.4 Å². The Morgan fingerprint density at radius 3 is 2.70 bits per heavy atom. The van der Waals surface area contributed by atoms with Gasteiger partial charge in [-0.15, -0.1) is 0 Å². The van der Waals surface area contributed by atoms with Crippen LogP contribution in [-0.2, 0) is 17.9 Å². The largest absolute Gasteiger partial charge is 0.390 e. The van der Waals surface area contributed by atoms with Gasteiger partial charge in [0.05, 0.1) is 29.9 Å². The molecular weight excluding hydrogens is 348 g/mol. The second-order valence-corrected chi connectivity index (χ2v) is 6.25. The highest BCUT2D eigenvalue weighted by molar-refractivity contribution is 5.89. The van der Waals surface area contributed by atoms with E-state index in [4.69, 9.17) is 0 Å². The molecule has 0 aliphatic carbocycles. The summed E-state index contributed by atoms with van der Waals surface area (Å²) in [6, 6.07) is 11.2. The highest BCUT2D eigenvalue weighted by atomic mass is 16.6. The maximum absolute atomic E-state index is 12.1. The first kappa shape index (κ1) is 18.3. The zero-order chi connectivity index (χ0) is 19.4. The summed E-state index contributed by atoms with van der Waals surface area (Å²) in [6.45, 7) is 4.64. The van der Waals surface area contributed by atoms with Gasteiger partial charge >= 0.3 is 5.82 Å². The number of amides is 1. The molecule has 0 saturated heterocycles. The number of carbonyl (C=O) groups is 1. The quantitative estimate of drug-likeness (QED) is 0.509. The normalized spacial score (nSPS) is 10.7. The summed E-state index contributed by atoms with van der Waals surface area (Å²) < 4.78 is 3.22. The van der Waals surface area contributed by atoms with Gasteiger partial charge in [0.25, 0.3) is 0 Å². The summed E-state index contributed by atoms with van der Waals surface area (Å²) in [5.74, 6) is 0.0216. The summed E-state index contributed by atoms with van der Waals surface area (Å²) in [5.41, 5.74) is 2.98. The van der Waals surface area contributed by atoms with Gasteiger partial charge < -0.3 is 15.4 Å². The molecule has 9 heteroatoms. The second-order valence-electron chi connectivity index (χ2n) is 6.25. The molecule has 0 atom stereocenters. The number of hydrogen-bond donors (Lipinski definition) is 1. The van der Waals surface area contributed by atoms with Crippen molar-refractivity contribution in [3.63, 3.8) is 0 Å². The van der Waals surface area contributed by atoms with Gasteiger partial charge in [0.15, 0.2) is 5.82 Å². The number of nitro groups is 1. The smallest absolute Gasteiger partial charge is 0.358 e. The number of aryl methyl sites for hydroxylation is 3. The molecule has 1 amide bonds. The molecule has 3 aromatic rings. The molecule has 9 nitrogen and oxygen atoms in total. The van der Waals surface area contributed by atoms with Crippen molar-refractivity contribution in [1.29, 1.82) is 0 Å². The maximum Gasteiger partial charge on any atom is 0.390 e. The molecule has 0 saturated carbocycles. The predicted octanol–water partition coefficient (Wildman–Crippen LogP) is 2.68. The van der Waals surface area contributed by atoms with E-state index in [1.165, 1.54) is 16.3 Å². The SMILES string of the molecule is Cc1ccccc1Cn1ccc(NC(=O)CCn2nc([N+](=O)[O-])cc2C)n1. The molecule has 27 heavy (non-hydrogen) atoms. The lowest BCUT2D eigenvalue weighted by molar-refractivity contribution is -0.389. The zero-order valence-electron chi connectivity index (χ0n) is 15.1. The van der Waals surface area contributed by atoms with Crippen molar-refractivity contribution < 1.29 is 9.72 Å². The molecule has 0 spiro atoms. The van der Waals surface area contributed by atoms with E-state index >= 15 is 0 Å². The van der Waals surface area contributed by atoms with Crippen LogP contribution in [0.5, 0.6) is 0 Å². The Kier molecular flexibility index (Phi) is 5.30. The first-order valence-corrected chi connectivity index (χ1v) is 8.49. The van der Waals surface area contributed by atoms with Crippen molar-refractivity contribution in [1.82, 2.24) is 19.6 Å². The number of carbonyl (C=O) groups excluding carboxylic acids is 1. The molecule has 2 aromatic heterocycles. The zero-order valence-corrected chi connectivity index (χ0v) is 15.1. The van der Waals surface area contributed by atoms with Crippen molar-refractivity contribution in [2.24, 2.45) is 0 Å². The van der Waals surface area contributed by atoms with Gasteiger partial charge in [0.1, 0.15) is 0 Å². The molecule has 0 unspecified atom stereocenters. The predicted molar refractivity (Wildman–Crippen MR) is 99.4 cm³/mol. The van der Waals surface area contributed by atoms with E-state index in [2.05, 4.69) is 15.5 Å². The molecule has 3 rings (SSSR count). The average molecular weight is 368 g/mol. The molecule has 0 fully saturated rings. The van der Waals surface area contributed by atoms with Crippen LogP contribution in [0.15, 0.2) is 42.6 Å². The topological polar surface area (TPSA) is 108 Å². The molecule has 0 aliphatic heterocycles. The lowest BCUT2D eigenvalue weighted by Crippen LogP contribution is -2.16. The van der Waals surface area contributed by atoms with Gasteiger partial charge in [-0.1, -0.05) is 24.3 Å². The Balaban J connectivity index is 1.55. The minimum absolute atomic E-state index is 0.143. The molecule has 0 radical (unpaired) electrons. The molecule has 140 valence electrons. The van der Waals surface area contributed by atoms with Crippen LogP contribution in [0.3, 0.4) is 0 Å². The van der Waals surface area contributed by atoms with Crippen molar-refractivity contribution in [3.05, 3.63) is 69.5 Å². The summed E-state index contributed by atoms with van der Waals surface area (Å²) >= 11 is 0. The Labute approximate surface area is 155 Å². The lowest BCUT2D eigenvalue weighted by atomic mass is 10.1. The standard InChI is InChI=1S/C18H20N6O3/c1-13-5-3-4-6-15(13)12-22-9-7-16(20-22)19-18(25)8-10-23-14(2)11-17(21-23)24(26)27/h3-7,9,11H,8,10,12H2,1-2H3,(H,19,20,25). The van der Waals surface area contributed by atoms with E-state index in [0.717, 1.165) is 5.56 Å². The molecular formula is C18H20N6O3. The van der Waals surface area contributed by atoms with Crippen molar-refractivity contribution in [2.75, 3.05) is 5.32 Å². The molecule has 1 N–H and O–H groups in total. The van der Waals surface area contributed by atoms with Crippen molar-refractivity contribution in [3.8, 4) is 0 Å². The minimum atomic E-state index is -0.551. The van der Waals surface area contributed by atoms with Crippen LogP contribution in [0.2, 0.25) is 0 Å². The number of aromatic nitrogens is 4. The monoisotopic (exact) mass is 368 g/mol. The van der Waals surface area contributed by atoms with Crippen molar-refractivity contribution in [2.45, 2.75) is 33.4 Å². The number of nitrogens with zero attached hydrogens (tertiary/aromatic N) is 5. The average Bonchev–Trinajstić information content (AvgIpc) is 3.21. The van der Waals surface area contributed by atoms with Crippen LogP contribution >= 0.6 is 0 Å². The number of hydrogen-bond acceptors (Lipinski definition) is 5. The first-order chi connectivity index (χ1) is 12.9. The van der Waals surface area contributed by atoms with E-state index in [9.17, 15) is 14.9 Å². The van der Waals surface area contributed by atoms with Gasteiger partial charge in [0.2, 0.25) is 5.91 Å². The third-order valence-electron chi connectivity index (χ3n) is 4.21. The lowest BCUT2D eigenvalue weighted by Gasteiger charge is -2.05. The number of anilines is 1. The fourth-order valence-corrected chi connectivity index (χ4v) is 2.70. The van der Waals surface area contributed by atoms with Gasteiger partial charge in [-0.25, -0.2) is 0 Å². The third kappa shape index (κ3) is 4.57. The van der Waals surface area contributed by atoms with E-state index in [-0.39, 0.29) is 24.7 Å². The van der Waals surface area contributed by atoms with Crippen LogP contribution in [0.25, 0.3) is 0 Å². The highest BCUT2D eigenvalue weighted by Gasteiger charge is 2.16. The maximum atomic E-state index is 12.1. The first-order valence-electron chi connectivity index (χ1n) is 8.49. The highest BCUT2D eigenvalue weighted by Crippen LogP contribution is 2.13. The van der Waals surface area contributed by atoms with Crippen LogP contribution in [-0.4, -0.2) is 30.4 Å².